The number of aromatic nitrogens is 1. The molecule has 2 amide bonds. The van der Waals surface area contributed by atoms with Crippen LogP contribution in [0.25, 0.3) is 10.4 Å². The van der Waals surface area contributed by atoms with Crippen LogP contribution < -0.4 is 5.32 Å². The average molecular weight is 464 g/mol. The van der Waals surface area contributed by atoms with Crippen molar-refractivity contribution in [3.05, 3.63) is 68.8 Å². The van der Waals surface area contributed by atoms with Crippen molar-refractivity contribution in [2.45, 2.75) is 6.54 Å². The molecule has 0 unspecified atom stereocenters. The van der Waals surface area contributed by atoms with Crippen molar-refractivity contribution >= 4 is 44.8 Å². The summed E-state index contributed by atoms with van der Waals surface area (Å²) in [6.07, 6.45) is 0. The first-order valence-electron chi connectivity index (χ1n) is 8.15. The maximum absolute atomic E-state index is 13.8. The number of hydrogen-bond acceptors (Lipinski definition) is 4. The van der Waals surface area contributed by atoms with Crippen molar-refractivity contribution in [2.24, 2.45) is 0 Å². The molecule has 1 aliphatic heterocycles. The van der Waals surface area contributed by atoms with Gasteiger partial charge in [-0.05, 0) is 29.8 Å². The highest BCUT2D eigenvalue weighted by molar-refractivity contribution is 9.10. The summed E-state index contributed by atoms with van der Waals surface area (Å²) < 4.78 is 28.5. The average Bonchev–Trinajstić information content (AvgIpc) is 3.07. The minimum Gasteiger partial charge on any atom is -0.336 e. The predicted molar refractivity (Wildman–Crippen MR) is 105 cm³/mol. The number of nitrogens with zero attached hydrogens (tertiary/aromatic N) is 2. The molecule has 0 spiro atoms. The van der Waals surface area contributed by atoms with Crippen LogP contribution in [0.15, 0.2) is 40.9 Å². The molecule has 0 fully saturated rings. The molecule has 1 aromatic heterocycles. The second kappa shape index (κ2) is 7.06. The Kier molecular flexibility index (Phi) is 4.72. The maximum Gasteiger partial charge on any atom is 0.284 e. The highest BCUT2D eigenvalue weighted by Gasteiger charge is 2.30. The number of carbonyl (C=O) groups is 2. The molecule has 0 aliphatic carbocycles. The zero-order valence-corrected chi connectivity index (χ0v) is 16.8. The summed E-state index contributed by atoms with van der Waals surface area (Å²) in [4.78, 5) is 31.5. The number of hydrogen-bond donors (Lipinski definition) is 1. The smallest absolute Gasteiger partial charge is 0.284 e. The van der Waals surface area contributed by atoms with Gasteiger partial charge in [0.15, 0.2) is 5.01 Å². The first kappa shape index (κ1) is 18.7. The number of para-hydroxylation sites is 1. The fraction of sp³-hybridized carbons (Fsp3) is 0.105. The number of carbonyl (C=O) groups excluding carboxylic acids is 2. The summed E-state index contributed by atoms with van der Waals surface area (Å²) in [5.41, 5.74) is 1.29. The lowest BCUT2D eigenvalue weighted by atomic mass is 10.1. The van der Waals surface area contributed by atoms with Crippen LogP contribution >= 0.6 is 27.3 Å². The third-order valence-electron chi connectivity index (χ3n) is 4.30. The van der Waals surface area contributed by atoms with Gasteiger partial charge in [-0.25, -0.2) is 13.8 Å². The molecule has 0 atom stereocenters. The SMILES string of the molecule is CN1Cc2ccc(Br)cc2-c2sc(C(=O)Nc3c(F)cccc3F)nc2C1=O. The van der Waals surface area contributed by atoms with E-state index in [-0.39, 0.29) is 16.6 Å². The number of fused-ring (bicyclic) bond motifs is 3. The summed E-state index contributed by atoms with van der Waals surface area (Å²) >= 11 is 4.43. The van der Waals surface area contributed by atoms with Crippen LogP contribution in [0.4, 0.5) is 14.5 Å². The number of rotatable bonds is 2. The van der Waals surface area contributed by atoms with Crippen LogP contribution in [0, 0.1) is 11.6 Å². The largest absolute Gasteiger partial charge is 0.336 e. The Morgan fingerprint density at radius 1 is 1.25 bits per heavy atom. The molecular formula is C19H12BrF2N3O2S. The molecule has 1 N–H and O–H groups in total. The Morgan fingerprint density at radius 2 is 1.96 bits per heavy atom. The summed E-state index contributed by atoms with van der Waals surface area (Å²) in [6, 6.07) is 8.92. The summed E-state index contributed by atoms with van der Waals surface area (Å²) in [5.74, 6) is -2.89. The highest BCUT2D eigenvalue weighted by atomic mass is 79.9. The molecular weight excluding hydrogens is 452 g/mol. The Morgan fingerprint density at radius 3 is 2.68 bits per heavy atom. The molecule has 3 aromatic rings. The van der Waals surface area contributed by atoms with Gasteiger partial charge in [0.25, 0.3) is 11.8 Å². The fourth-order valence-electron chi connectivity index (χ4n) is 2.94. The lowest BCUT2D eigenvalue weighted by Crippen LogP contribution is -2.25. The number of anilines is 1. The molecule has 1 aliphatic rings. The highest BCUT2D eigenvalue weighted by Crippen LogP contribution is 2.38. The van der Waals surface area contributed by atoms with E-state index < -0.39 is 23.2 Å². The van der Waals surface area contributed by atoms with Crippen LogP contribution in [-0.4, -0.2) is 28.7 Å². The van der Waals surface area contributed by atoms with Crippen molar-refractivity contribution in [3.8, 4) is 10.4 Å². The minimum absolute atomic E-state index is 0.0535. The van der Waals surface area contributed by atoms with Crippen LogP contribution in [0.3, 0.4) is 0 Å². The summed E-state index contributed by atoms with van der Waals surface area (Å²) in [6.45, 7) is 0.409. The lowest BCUT2D eigenvalue weighted by molar-refractivity contribution is 0.0783. The van der Waals surface area contributed by atoms with Gasteiger partial charge in [0.1, 0.15) is 23.0 Å². The van der Waals surface area contributed by atoms with Gasteiger partial charge in [0.2, 0.25) is 0 Å². The van der Waals surface area contributed by atoms with Gasteiger partial charge in [-0.2, -0.15) is 0 Å². The number of halogens is 3. The fourth-order valence-corrected chi connectivity index (χ4v) is 4.30. The van der Waals surface area contributed by atoms with E-state index in [0.717, 1.165) is 39.1 Å². The summed E-state index contributed by atoms with van der Waals surface area (Å²) in [5, 5.41) is 2.15. The molecule has 28 heavy (non-hydrogen) atoms. The van der Waals surface area contributed by atoms with Gasteiger partial charge >= 0.3 is 0 Å². The van der Waals surface area contributed by atoms with Gasteiger partial charge in [0, 0.05) is 23.6 Å². The second-order valence-electron chi connectivity index (χ2n) is 6.21. The van der Waals surface area contributed by atoms with Gasteiger partial charge in [-0.1, -0.05) is 28.1 Å². The molecule has 5 nitrogen and oxygen atoms in total. The van der Waals surface area contributed by atoms with Gasteiger partial charge in [0.05, 0.1) is 4.88 Å². The van der Waals surface area contributed by atoms with Crippen molar-refractivity contribution in [3.63, 3.8) is 0 Å². The Labute approximate surface area is 171 Å². The molecule has 142 valence electrons. The van der Waals surface area contributed by atoms with Crippen LogP contribution in [-0.2, 0) is 6.54 Å². The summed E-state index contributed by atoms with van der Waals surface area (Å²) in [7, 11) is 1.65. The van der Waals surface area contributed by atoms with E-state index in [0.29, 0.717) is 11.4 Å². The maximum atomic E-state index is 13.8. The van der Waals surface area contributed by atoms with Gasteiger partial charge in [-0.15, -0.1) is 11.3 Å². The molecule has 0 radical (unpaired) electrons. The zero-order valence-electron chi connectivity index (χ0n) is 14.4. The Bertz CT molecular complexity index is 1110. The predicted octanol–water partition coefficient (Wildman–Crippen LogP) is 4.69. The molecule has 4 rings (SSSR count). The third kappa shape index (κ3) is 3.20. The van der Waals surface area contributed by atoms with E-state index in [4.69, 9.17) is 0 Å². The second-order valence-corrected chi connectivity index (χ2v) is 8.12. The molecule has 0 saturated carbocycles. The number of benzene rings is 2. The zero-order chi connectivity index (χ0) is 20.0. The van der Waals surface area contributed by atoms with Crippen molar-refractivity contribution in [2.75, 3.05) is 12.4 Å². The van der Waals surface area contributed by atoms with Crippen molar-refractivity contribution in [1.82, 2.24) is 9.88 Å². The molecule has 0 bridgehead atoms. The first-order valence-corrected chi connectivity index (χ1v) is 9.76. The van der Waals surface area contributed by atoms with Crippen molar-refractivity contribution in [1.29, 1.82) is 0 Å². The van der Waals surface area contributed by atoms with Crippen LogP contribution in [0.2, 0.25) is 0 Å². The standard InChI is InChI=1S/C19H12BrF2N3O2S/c1-25-8-9-5-6-10(20)7-11(9)16-15(19(25)27)24-18(28-16)17(26)23-14-12(21)3-2-4-13(14)22/h2-7H,8H2,1H3,(H,23,26). The van der Waals surface area contributed by atoms with Crippen LogP contribution in [0.1, 0.15) is 25.9 Å². The van der Waals surface area contributed by atoms with E-state index in [2.05, 4.69) is 26.2 Å². The van der Waals surface area contributed by atoms with Gasteiger partial charge in [-0.3, -0.25) is 9.59 Å². The minimum atomic E-state index is -0.892. The normalized spacial score (nSPS) is 13.0. The van der Waals surface area contributed by atoms with E-state index in [1.165, 1.54) is 11.0 Å². The third-order valence-corrected chi connectivity index (χ3v) is 5.88. The monoisotopic (exact) mass is 463 g/mol. The lowest BCUT2D eigenvalue weighted by Gasteiger charge is -2.14. The van der Waals surface area contributed by atoms with E-state index in [9.17, 15) is 18.4 Å². The Balaban J connectivity index is 1.78. The first-order chi connectivity index (χ1) is 13.3. The number of amides is 2. The topological polar surface area (TPSA) is 62.3 Å². The Hall–Kier alpha value is -2.65. The number of thiazole rings is 1. The molecule has 2 aromatic carbocycles. The van der Waals surface area contributed by atoms with E-state index in [1.807, 2.05) is 18.2 Å². The molecule has 9 heteroatoms. The van der Waals surface area contributed by atoms with Gasteiger partial charge < -0.3 is 10.2 Å². The molecule has 0 saturated heterocycles. The van der Waals surface area contributed by atoms with E-state index >= 15 is 0 Å². The van der Waals surface area contributed by atoms with E-state index in [1.54, 1.807) is 7.05 Å². The van der Waals surface area contributed by atoms with Crippen LogP contribution in [0.5, 0.6) is 0 Å². The number of nitrogens with one attached hydrogen (secondary N) is 1. The van der Waals surface area contributed by atoms with Crippen molar-refractivity contribution < 1.29 is 18.4 Å². The molecule has 2 heterocycles. The quantitative estimate of drug-likeness (QED) is 0.599.